The summed E-state index contributed by atoms with van der Waals surface area (Å²) in [6.07, 6.45) is 0.875. The van der Waals surface area contributed by atoms with Gasteiger partial charge < -0.3 is 0 Å². The number of hydrogen-bond acceptors (Lipinski definition) is 3. The Balaban J connectivity index is 2.47. The molecule has 2 rings (SSSR count). The maximum atomic E-state index is 11.4. The average Bonchev–Trinajstić information content (AvgIpc) is 2.63. The average molecular weight is 218 g/mol. The molecule has 0 atom stereocenters. The Kier molecular flexibility index (Phi) is 2.90. The van der Waals surface area contributed by atoms with Gasteiger partial charge in [0, 0.05) is 12.1 Å². The normalized spacial score (nSPS) is 10.6. The summed E-state index contributed by atoms with van der Waals surface area (Å²) in [7, 11) is 0. The number of benzene rings is 1. The van der Waals surface area contributed by atoms with Crippen molar-refractivity contribution in [3.63, 3.8) is 0 Å². The molecule has 1 heterocycles. The molecule has 0 fully saturated rings. The monoisotopic (exact) mass is 218 g/mol. The molecule has 4 nitrogen and oxygen atoms in total. The standard InChI is InChI=1S/C12H14N2O2/c1-3-8-14-11(13-16-12(14)15)10-6-4-9(2)5-7-10/h4-7H,3,8H2,1-2H3. The van der Waals surface area contributed by atoms with E-state index >= 15 is 0 Å². The lowest BCUT2D eigenvalue weighted by Gasteiger charge is -2.02. The van der Waals surface area contributed by atoms with E-state index in [1.54, 1.807) is 4.57 Å². The van der Waals surface area contributed by atoms with Crippen LogP contribution in [-0.2, 0) is 6.54 Å². The Bertz CT molecular complexity index is 523. The summed E-state index contributed by atoms with van der Waals surface area (Å²) < 4.78 is 6.25. The van der Waals surface area contributed by atoms with Gasteiger partial charge in [0.05, 0.1) is 0 Å². The Morgan fingerprint density at radius 2 is 2.00 bits per heavy atom. The van der Waals surface area contributed by atoms with Gasteiger partial charge in [-0.2, -0.15) is 0 Å². The number of aromatic nitrogens is 2. The van der Waals surface area contributed by atoms with Crippen LogP contribution >= 0.6 is 0 Å². The Labute approximate surface area is 93.5 Å². The van der Waals surface area contributed by atoms with Gasteiger partial charge in [0.2, 0.25) is 0 Å². The summed E-state index contributed by atoms with van der Waals surface area (Å²) in [5.74, 6) is 0.212. The van der Waals surface area contributed by atoms with Crippen molar-refractivity contribution in [2.75, 3.05) is 0 Å². The number of rotatable bonds is 3. The van der Waals surface area contributed by atoms with E-state index in [4.69, 9.17) is 4.52 Å². The van der Waals surface area contributed by atoms with Crippen LogP contribution in [0.4, 0.5) is 0 Å². The molecule has 0 aliphatic carbocycles. The van der Waals surface area contributed by atoms with E-state index in [0.29, 0.717) is 12.4 Å². The van der Waals surface area contributed by atoms with E-state index in [9.17, 15) is 4.79 Å². The molecule has 16 heavy (non-hydrogen) atoms. The van der Waals surface area contributed by atoms with Crippen LogP contribution in [0.1, 0.15) is 18.9 Å². The highest BCUT2D eigenvalue weighted by atomic mass is 16.5. The number of hydrogen-bond donors (Lipinski definition) is 0. The fourth-order valence-electron chi connectivity index (χ4n) is 1.60. The molecule has 2 aromatic rings. The molecule has 0 aliphatic rings. The molecule has 0 saturated carbocycles. The molecule has 0 saturated heterocycles. The van der Waals surface area contributed by atoms with Crippen LogP contribution in [0.5, 0.6) is 0 Å². The molecule has 0 unspecified atom stereocenters. The van der Waals surface area contributed by atoms with Gasteiger partial charge in [-0.15, -0.1) is 0 Å². The molecular weight excluding hydrogens is 204 g/mol. The van der Waals surface area contributed by atoms with Gasteiger partial charge >= 0.3 is 5.76 Å². The van der Waals surface area contributed by atoms with Crippen molar-refractivity contribution in [3.05, 3.63) is 40.4 Å². The summed E-state index contributed by atoms with van der Waals surface area (Å²) in [5, 5.41) is 3.81. The van der Waals surface area contributed by atoms with Crippen molar-refractivity contribution in [1.29, 1.82) is 0 Å². The summed E-state index contributed by atoms with van der Waals surface area (Å²) in [5.41, 5.74) is 2.08. The van der Waals surface area contributed by atoms with Crippen molar-refractivity contribution in [3.8, 4) is 11.4 Å². The Morgan fingerprint density at radius 1 is 1.31 bits per heavy atom. The first-order valence-electron chi connectivity index (χ1n) is 5.36. The predicted molar refractivity (Wildman–Crippen MR) is 61.2 cm³/mol. The molecule has 4 heteroatoms. The van der Waals surface area contributed by atoms with Crippen LogP contribution in [0.25, 0.3) is 11.4 Å². The van der Waals surface area contributed by atoms with Crippen LogP contribution in [0.2, 0.25) is 0 Å². The second-order valence-corrected chi connectivity index (χ2v) is 3.79. The number of aryl methyl sites for hydroxylation is 1. The minimum atomic E-state index is -0.391. The SMILES string of the molecule is CCCn1c(-c2ccc(C)cc2)noc1=O. The first kappa shape index (κ1) is 10.7. The van der Waals surface area contributed by atoms with Gasteiger partial charge in [-0.1, -0.05) is 41.9 Å². The smallest absolute Gasteiger partial charge is 0.295 e. The van der Waals surface area contributed by atoms with Gasteiger partial charge in [-0.05, 0) is 13.3 Å². The van der Waals surface area contributed by atoms with Gasteiger partial charge in [0.15, 0.2) is 5.82 Å². The maximum Gasteiger partial charge on any atom is 0.441 e. The third-order valence-electron chi connectivity index (χ3n) is 2.44. The quantitative estimate of drug-likeness (QED) is 0.793. The molecule has 0 spiro atoms. The summed E-state index contributed by atoms with van der Waals surface area (Å²) in [4.78, 5) is 11.4. The molecule has 0 amide bonds. The molecule has 0 N–H and O–H groups in total. The van der Waals surface area contributed by atoms with Gasteiger partial charge in [0.25, 0.3) is 0 Å². The van der Waals surface area contributed by atoms with E-state index in [1.807, 2.05) is 38.1 Å². The lowest BCUT2D eigenvalue weighted by atomic mass is 10.1. The molecular formula is C12H14N2O2. The van der Waals surface area contributed by atoms with Crippen LogP contribution in [-0.4, -0.2) is 9.72 Å². The highest BCUT2D eigenvalue weighted by molar-refractivity contribution is 5.54. The van der Waals surface area contributed by atoms with Gasteiger partial charge in [-0.3, -0.25) is 9.09 Å². The van der Waals surface area contributed by atoms with E-state index in [1.165, 1.54) is 5.56 Å². The zero-order valence-corrected chi connectivity index (χ0v) is 9.43. The van der Waals surface area contributed by atoms with E-state index in [0.717, 1.165) is 12.0 Å². The molecule has 0 bridgehead atoms. The summed E-state index contributed by atoms with van der Waals surface area (Å²) in [6, 6.07) is 7.87. The molecule has 1 aromatic carbocycles. The molecule has 0 aliphatic heterocycles. The first-order chi connectivity index (χ1) is 7.72. The third-order valence-corrected chi connectivity index (χ3v) is 2.44. The zero-order valence-electron chi connectivity index (χ0n) is 9.43. The highest BCUT2D eigenvalue weighted by Crippen LogP contribution is 2.16. The fraction of sp³-hybridized carbons (Fsp3) is 0.333. The van der Waals surface area contributed by atoms with Crippen molar-refractivity contribution >= 4 is 0 Å². The molecule has 84 valence electrons. The second kappa shape index (κ2) is 4.35. The van der Waals surface area contributed by atoms with Crippen molar-refractivity contribution in [2.45, 2.75) is 26.8 Å². The van der Waals surface area contributed by atoms with Gasteiger partial charge in [-0.25, -0.2) is 4.79 Å². The Morgan fingerprint density at radius 3 is 2.62 bits per heavy atom. The van der Waals surface area contributed by atoms with Crippen molar-refractivity contribution < 1.29 is 4.52 Å². The van der Waals surface area contributed by atoms with Gasteiger partial charge in [0.1, 0.15) is 0 Å². The lowest BCUT2D eigenvalue weighted by Crippen LogP contribution is -2.15. The lowest BCUT2D eigenvalue weighted by molar-refractivity contribution is 0.375. The van der Waals surface area contributed by atoms with Crippen LogP contribution < -0.4 is 5.76 Å². The van der Waals surface area contributed by atoms with E-state index < -0.39 is 5.76 Å². The first-order valence-corrected chi connectivity index (χ1v) is 5.36. The van der Waals surface area contributed by atoms with E-state index in [-0.39, 0.29) is 0 Å². The minimum Gasteiger partial charge on any atom is -0.295 e. The summed E-state index contributed by atoms with van der Waals surface area (Å²) in [6.45, 7) is 4.66. The van der Waals surface area contributed by atoms with Crippen molar-refractivity contribution in [1.82, 2.24) is 9.72 Å². The second-order valence-electron chi connectivity index (χ2n) is 3.79. The van der Waals surface area contributed by atoms with Crippen LogP contribution in [0.3, 0.4) is 0 Å². The molecule has 0 radical (unpaired) electrons. The minimum absolute atomic E-state index is 0.391. The summed E-state index contributed by atoms with van der Waals surface area (Å²) >= 11 is 0. The predicted octanol–water partition coefficient (Wildman–Crippen LogP) is 2.22. The zero-order chi connectivity index (χ0) is 11.5. The Hall–Kier alpha value is -1.84. The van der Waals surface area contributed by atoms with Crippen LogP contribution in [0, 0.1) is 6.92 Å². The largest absolute Gasteiger partial charge is 0.441 e. The van der Waals surface area contributed by atoms with E-state index in [2.05, 4.69) is 5.16 Å². The molecule has 1 aromatic heterocycles. The highest BCUT2D eigenvalue weighted by Gasteiger charge is 2.11. The third kappa shape index (κ3) is 1.91. The maximum absolute atomic E-state index is 11.4. The number of nitrogens with zero attached hydrogens (tertiary/aromatic N) is 2. The fourth-order valence-corrected chi connectivity index (χ4v) is 1.60. The van der Waals surface area contributed by atoms with Crippen molar-refractivity contribution in [2.24, 2.45) is 0 Å². The van der Waals surface area contributed by atoms with Crippen LogP contribution in [0.15, 0.2) is 33.6 Å². The topological polar surface area (TPSA) is 48.0 Å².